The second-order valence-corrected chi connectivity index (χ2v) is 23.9. The minimum absolute atomic E-state index is 0.0321. The molecule has 0 heterocycles. The molecule has 398 valence electrons. The lowest BCUT2D eigenvalue weighted by molar-refractivity contribution is 0.414. The summed E-state index contributed by atoms with van der Waals surface area (Å²) in [6.45, 7) is 26.2. The third-order valence-electron chi connectivity index (χ3n) is 17.8. The van der Waals surface area contributed by atoms with Crippen molar-refractivity contribution < 1.29 is 25.2 Å². The summed E-state index contributed by atoms with van der Waals surface area (Å²) in [5, 5.41) is 42.2. The first-order valence-corrected chi connectivity index (χ1v) is 27.2. The van der Waals surface area contributed by atoms with Gasteiger partial charge >= 0.3 is 0 Å². The van der Waals surface area contributed by atoms with Crippen LogP contribution in [-0.2, 0) is 27.1 Å². The van der Waals surface area contributed by atoms with Crippen LogP contribution in [0.3, 0.4) is 0 Å². The lowest BCUT2D eigenvalue weighted by Gasteiger charge is -2.33. The van der Waals surface area contributed by atoms with Crippen molar-refractivity contribution in [2.24, 2.45) is 0 Å². The number of phenolic OH excluding ortho intramolecular Hbond substituents is 4. The molecule has 0 saturated heterocycles. The average Bonchev–Trinajstić information content (AvgIpc) is 3.77. The van der Waals surface area contributed by atoms with Gasteiger partial charge in [-0.25, -0.2) is 0 Å². The molecule has 5 heteroatoms. The summed E-state index contributed by atoms with van der Waals surface area (Å²) in [5.41, 5.74) is 17.6. The number of benzene rings is 9. The zero-order valence-electron chi connectivity index (χ0n) is 47.7. The van der Waals surface area contributed by atoms with Crippen LogP contribution in [0, 0.1) is 13.8 Å². The largest absolute Gasteiger partial charge is 0.508 e. The number of aryl methyl sites for hydroxylation is 2. The van der Waals surface area contributed by atoms with Crippen LogP contribution in [0.4, 0.5) is 0 Å². The predicted octanol–water partition coefficient (Wildman–Crippen LogP) is 17.6. The van der Waals surface area contributed by atoms with Crippen LogP contribution >= 0.6 is 0 Å². The predicted molar refractivity (Wildman–Crippen MR) is 321 cm³/mol. The molecule has 9 aromatic rings. The van der Waals surface area contributed by atoms with E-state index in [2.05, 4.69) is 209 Å². The Morgan fingerprint density at radius 2 is 0.731 bits per heavy atom. The molecule has 5 nitrogen and oxygen atoms in total. The lowest BCUT2D eigenvalue weighted by atomic mass is 9.70. The van der Waals surface area contributed by atoms with Gasteiger partial charge in [-0.2, -0.15) is 0 Å². The fourth-order valence-electron chi connectivity index (χ4n) is 11.8. The molecular weight excluding hydrogens is 957 g/mol. The van der Waals surface area contributed by atoms with E-state index in [1.54, 1.807) is 19.2 Å². The summed E-state index contributed by atoms with van der Waals surface area (Å²) >= 11 is 0. The highest BCUT2D eigenvalue weighted by Crippen LogP contribution is 2.55. The minimum Gasteiger partial charge on any atom is -0.508 e. The van der Waals surface area contributed by atoms with Crippen molar-refractivity contribution >= 4 is 0 Å². The van der Waals surface area contributed by atoms with Gasteiger partial charge in [0, 0.05) is 44.1 Å². The lowest BCUT2D eigenvalue weighted by Crippen LogP contribution is -2.26. The van der Waals surface area contributed by atoms with Gasteiger partial charge in [0.1, 0.15) is 28.7 Å². The summed E-state index contributed by atoms with van der Waals surface area (Å²) in [6.07, 6.45) is 0. The summed E-state index contributed by atoms with van der Waals surface area (Å²) in [6, 6.07) is 66.7. The molecular formula is C73H76O5. The topological polar surface area (TPSA) is 90.2 Å². The van der Waals surface area contributed by atoms with Crippen LogP contribution in [0.25, 0.3) is 11.1 Å². The van der Waals surface area contributed by atoms with E-state index >= 15 is 0 Å². The molecule has 0 bridgehead atoms. The van der Waals surface area contributed by atoms with Crippen LogP contribution in [0.2, 0.25) is 0 Å². The van der Waals surface area contributed by atoms with Crippen molar-refractivity contribution in [3.8, 4) is 39.9 Å². The van der Waals surface area contributed by atoms with Gasteiger partial charge in [0.25, 0.3) is 0 Å². The van der Waals surface area contributed by atoms with Gasteiger partial charge in [-0.1, -0.05) is 214 Å². The molecule has 0 spiro atoms. The second kappa shape index (κ2) is 20.7. The van der Waals surface area contributed by atoms with E-state index in [0.29, 0.717) is 23.0 Å². The van der Waals surface area contributed by atoms with Crippen molar-refractivity contribution in [2.45, 2.75) is 116 Å². The first-order chi connectivity index (χ1) is 36.9. The Kier molecular flexibility index (Phi) is 14.6. The number of fused-ring (bicyclic) bond motifs is 3. The highest BCUT2D eigenvalue weighted by molar-refractivity contribution is 5.83. The summed E-state index contributed by atoms with van der Waals surface area (Å²) in [4.78, 5) is 0. The van der Waals surface area contributed by atoms with Gasteiger partial charge in [0.15, 0.2) is 0 Å². The minimum atomic E-state index is -0.468. The van der Waals surface area contributed by atoms with Gasteiger partial charge < -0.3 is 25.2 Å². The molecule has 0 saturated carbocycles. The van der Waals surface area contributed by atoms with Crippen LogP contribution in [0.5, 0.6) is 28.7 Å². The molecule has 0 aliphatic heterocycles. The van der Waals surface area contributed by atoms with Crippen LogP contribution in [-0.4, -0.2) is 27.5 Å². The van der Waals surface area contributed by atoms with E-state index in [1.807, 2.05) is 56.3 Å². The molecule has 1 aliphatic rings. The molecule has 9 aromatic carbocycles. The zero-order chi connectivity index (χ0) is 56.1. The van der Waals surface area contributed by atoms with E-state index in [-0.39, 0.29) is 27.6 Å². The standard InChI is InChI=1S/C39H38O2.C34H38O3/c1-25-22-28(18-20-35(25)40)37(2,3)26-12-11-13-27(23-26)38(4,5)29-19-21-36(41)34(24-29)39(6)32-16-9-7-14-30(32)31-15-8-10-17-33(31)39;1-22-19-27(13-17-31(22)35)33(3,4)25-9-8-10-26(20-25)34(5,6)28-14-18-32(36)30(21-28)23(2)24-11-15-29(37-7)16-12-24/h7-24,40-41H,1-6H3;8-21,23,35-36H,1-7H3. The second-order valence-electron chi connectivity index (χ2n) is 23.9. The van der Waals surface area contributed by atoms with Crippen molar-refractivity contribution in [2.75, 3.05) is 7.11 Å². The molecule has 1 atom stereocenters. The molecule has 0 radical (unpaired) electrons. The van der Waals surface area contributed by atoms with Gasteiger partial charge in [-0.05, 0) is 147 Å². The van der Waals surface area contributed by atoms with Crippen LogP contribution in [0.1, 0.15) is 159 Å². The first kappa shape index (κ1) is 54.8. The number of methoxy groups -OCH3 is 1. The Morgan fingerprint density at radius 3 is 1.14 bits per heavy atom. The number of phenols is 4. The van der Waals surface area contributed by atoms with E-state index < -0.39 is 5.41 Å². The Bertz CT molecular complexity index is 3620. The Hall–Kier alpha value is -8.02. The zero-order valence-corrected chi connectivity index (χ0v) is 47.7. The van der Waals surface area contributed by atoms with Gasteiger partial charge in [0.05, 0.1) is 7.11 Å². The SMILES string of the molecule is COc1ccc(C(C)c2cc(C(C)(C)c3cccc(C(C)(C)c4ccc(O)c(C)c4)c3)ccc2O)cc1.Cc1cc(C(C)(C)c2cccc(C(C)(C)c3ccc(O)c(C4(C)c5ccccc5-c5ccccc54)c3)c2)ccc1O. The van der Waals surface area contributed by atoms with Gasteiger partial charge in [-0.15, -0.1) is 0 Å². The molecule has 10 rings (SSSR count). The third kappa shape index (κ3) is 9.85. The Labute approximate surface area is 463 Å². The van der Waals surface area contributed by atoms with Crippen molar-refractivity contribution in [3.63, 3.8) is 0 Å². The molecule has 0 aromatic heterocycles. The third-order valence-corrected chi connectivity index (χ3v) is 17.8. The number of rotatable bonds is 12. The molecule has 0 amide bonds. The summed E-state index contributed by atoms with van der Waals surface area (Å²) < 4.78 is 5.30. The van der Waals surface area contributed by atoms with E-state index in [9.17, 15) is 20.4 Å². The van der Waals surface area contributed by atoms with Crippen LogP contribution in [0.15, 0.2) is 194 Å². The first-order valence-electron chi connectivity index (χ1n) is 27.2. The monoisotopic (exact) mass is 1030 g/mol. The number of hydrogen-bond acceptors (Lipinski definition) is 5. The van der Waals surface area contributed by atoms with E-state index in [0.717, 1.165) is 50.3 Å². The number of ether oxygens (including phenoxy) is 1. The number of aromatic hydroxyl groups is 4. The summed E-state index contributed by atoms with van der Waals surface area (Å²) in [5.74, 6) is 2.12. The van der Waals surface area contributed by atoms with Gasteiger partial charge in [-0.3, -0.25) is 0 Å². The van der Waals surface area contributed by atoms with Crippen molar-refractivity contribution in [3.05, 3.63) is 278 Å². The highest BCUT2D eigenvalue weighted by Gasteiger charge is 2.43. The molecule has 1 unspecified atom stereocenters. The fourth-order valence-corrected chi connectivity index (χ4v) is 11.8. The van der Waals surface area contributed by atoms with Crippen molar-refractivity contribution in [1.29, 1.82) is 0 Å². The maximum absolute atomic E-state index is 11.3. The normalized spacial score (nSPS) is 13.4. The van der Waals surface area contributed by atoms with E-state index in [4.69, 9.17) is 4.74 Å². The maximum atomic E-state index is 11.3. The quantitative estimate of drug-likeness (QED) is 0.0979. The fraction of sp³-hybridized carbons (Fsp3) is 0.260. The average molecular weight is 1030 g/mol. The van der Waals surface area contributed by atoms with E-state index in [1.165, 1.54) is 50.1 Å². The van der Waals surface area contributed by atoms with Crippen LogP contribution < -0.4 is 4.74 Å². The Balaban J connectivity index is 0.000000191. The maximum Gasteiger partial charge on any atom is 0.120 e. The molecule has 0 fully saturated rings. The smallest absolute Gasteiger partial charge is 0.120 e. The number of hydrogen-bond donors (Lipinski definition) is 4. The van der Waals surface area contributed by atoms with Gasteiger partial charge in [0.2, 0.25) is 0 Å². The molecule has 78 heavy (non-hydrogen) atoms. The molecule has 1 aliphatic carbocycles. The highest BCUT2D eigenvalue weighted by atomic mass is 16.5. The summed E-state index contributed by atoms with van der Waals surface area (Å²) in [7, 11) is 1.66. The molecule has 4 N–H and O–H groups in total. The Morgan fingerprint density at radius 1 is 0.372 bits per heavy atom. The van der Waals surface area contributed by atoms with Crippen molar-refractivity contribution in [1.82, 2.24) is 0 Å².